The van der Waals surface area contributed by atoms with Crippen LogP contribution in [0.1, 0.15) is 51.0 Å². The Morgan fingerprint density at radius 1 is 0.625 bits per heavy atom. The number of benzene rings is 3. The Labute approximate surface area is 146 Å². The molecule has 0 unspecified atom stereocenters. The van der Waals surface area contributed by atoms with E-state index in [0.29, 0.717) is 0 Å². The van der Waals surface area contributed by atoms with Crippen molar-refractivity contribution in [3.8, 4) is 11.1 Å². The molecule has 3 aromatic rings. The number of fused-ring (bicyclic) bond motifs is 1. The first kappa shape index (κ1) is 16.8. The highest BCUT2D eigenvalue weighted by atomic mass is 14.1. The number of aryl methyl sites for hydroxylation is 1. The van der Waals surface area contributed by atoms with Crippen molar-refractivity contribution in [2.75, 3.05) is 0 Å². The molecule has 0 atom stereocenters. The molecule has 3 aromatic carbocycles. The third-order valence-corrected chi connectivity index (χ3v) is 4.88. The van der Waals surface area contributed by atoms with Crippen molar-refractivity contribution in [2.24, 2.45) is 0 Å². The van der Waals surface area contributed by atoms with Crippen LogP contribution in [-0.4, -0.2) is 0 Å². The van der Waals surface area contributed by atoms with Crippen LogP contribution in [0.3, 0.4) is 0 Å². The van der Waals surface area contributed by atoms with Gasteiger partial charge in [0.05, 0.1) is 0 Å². The van der Waals surface area contributed by atoms with Crippen LogP contribution >= 0.6 is 0 Å². The van der Waals surface area contributed by atoms with Gasteiger partial charge in [0.15, 0.2) is 0 Å². The van der Waals surface area contributed by atoms with Crippen molar-refractivity contribution in [1.82, 2.24) is 0 Å². The van der Waals surface area contributed by atoms with Crippen molar-refractivity contribution in [3.63, 3.8) is 0 Å². The van der Waals surface area contributed by atoms with Crippen LogP contribution in [0.15, 0.2) is 66.7 Å². The van der Waals surface area contributed by atoms with E-state index in [-0.39, 0.29) is 0 Å². The Kier molecular flexibility index (Phi) is 6.07. The van der Waals surface area contributed by atoms with Crippen LogP contribution in [0.25, 0.3) is 21.9 Å². The van der Waals surface area contributed by atoms with Crippen molar-refractivity contribution in [1.29, 1.82) is 0 Å². The van der Waals surface area contributed by atoms with Gasteiger partial charge in [-0.15, -0.1) is 0 Å². The molecule has 0 heterocycles. The topological polar surface area (TPSA) is 0 Å². The summed E-state index contributed by atoms with van der Waals surface area (Å²) in [5.41, 5.74) is 4.27. The summed E-state index contributed by atoms with van der Waals surface area (Å²) >= 11 is 0. The van der Waals surface area contributed by atoms with Gasteiger partial charge in [0, 0.05) is 0 Å². The van der Waals surface area contributed by atoms with E-state index < -0.39 is 0 Å². The van der Waals surface area contributed by atoms with Crippen LogP contribution in [0, 0.1) is 0 Å². The lowest BCUT2D eigenvalue weighted by Crippen LogP contribution is -1.93. The largest absolute Gasteiger partial charge is 0.0654 e. The molecule has 124 valence electrons. The number of unbranched alkanes of at least 4 members (excludes halogenated alkanes) is 5. The molecule has 0 spiro atoms. The number of rotatable bonds is 8. The SMILES string of the molecule is CCCCCCCCc1ccc2ccccc2c1-c1ccccc1. The molecule has 0 nitrogen and oxygen atoms in total. The zero-order valence-electron chi connectivity index (χ0n) is 14.8. The molecule has 0 N–H and O–H groups in total. The quantitative estimate of drug-likeness (QED) is 0.379. The third kappa shape index (κ3) is 4.06. The van der Waals surface area contributed by atoms with Gasteiger partial charge in [0.2, 0.25) is 0 Å². The number of hydrogen-bond donors (Lipinski definition) is 0. The fourth-order valence-electron chi connectivity index (χ4n) is 3.57. The zero-order valence-corrected chi connectivity index (χ0v) is 14.8. The molecular weight excluding hydrogens is 288 g/mol. The van der Waals surface area contributed by atoms with Crippen molar-refractivity contribution < 1.29 is 0 Å². The van der Waals surface area contributed by atoms with Gasteiger partial charge in [-0.2, -0.15) is 0 Å². The highest BCUT2D eigenvalue weighted by Gasteiger charge is 2.09. The smallest absolute Gasteiger partial charge is 0.00733 e. The summed E-state index contributed by atoms with van der Waals surface area (Å²) in [4.78, 5) is 0. The second kappa shape index (κ2) is 8.68. The van der Waals surface area contributed by atoms with Crippen LogP contribution < -0.4 is 0 Å². The molecule has 0 amide bonds. The maximum Gasteiger partial charge on any atom is -0.00733 e. The van der Waals surface area contributed by atoms with E-state index in [9.17, 15) is 0 Å². The monoisotopic (exact) mass is 316 g/mol. The van der Waals surface area contributed by atoms with E-state index in [4.69, 9.17) is 0 Å². The minimum Gasteiger partial charge on any atom is -0.0654 e. The molecule has 0 aromatic heterocycles. The lowest BCUT2D eigenvalue weighted by atomic mass is 9.90. The Morgan fingerprint density at radius 3 is 2.17 bits per heavy atom. The van der Waals surface area contributed by atoms with Crippen molar-refractivity contribution in [2.45, 2.75) is 51.9 Å². The Morgan fingerprint density at radius 2 is 1.33 bits per heavy atom. The maximum atomic E-state index is 2.34. The predicted molar refractivity (Wildman–Crippen MR) is 106 cm³/mol. The average Bonchev–Trinajstić information content (AvgIpc) is 2.65. The van der Waals surface area contributed by atoms with Crippen molar-refractivity contribution in [3.05, 3.63) is 72.3 Å². The lowest BCUT2D eigenvalue weighted by molar-refractivity contribution is 0.608. The highest BCUT2D eigenvalue weighted by Crippen LogP contribution is 2.33. The van der Waals surface area contributed by atoms with E-state index in [1.54, 1.807) is 0 Å². The molecule has 0 saturated heterocycles. The van der Waals surface area contributed by atoms with Gasteiger partial charge in [0.1, 0.15) is 0 Å². The molecule has 0 fully saturated rings. The van der Waals surface area contributed by atoms with E-state index in [2.05, 4.69) is 73.7 Å². The first-order chi connectivity index (χ1) is 11.9. The molecule has 0 aliphatic carbocycles. The van der Waals surface area contributed by atoms with Gasteiger partial charge in [-0.1, -0.05) is 106 Å². The van der Waals surface area contributed by atoms with Crippen molar-refractivity contribution >= 4 is 10.8 Å². The summed E-state index contributed by atoms with van der Waals surface area (Å²) in [7, 11) is 0. The number of hydrogen-bond acceptors (Lipinski definition) is 0. The highest BCUT2D eigenvalue weighted by molar-refractivity contribution is 5.98. The van der Waals surface area contributed by atoms with Gasteiger partial charge >= 0.3 is 0 Å². The Bertz CT molecular complexity index is 755. The minimum absolute atomic E-state index is 1.18. The van der Waals surface area contributed by atoms with E-state index in [0.717, 1.165) is 0 Å². The Hall–Kier alpha value is -2.08. The van der Waals surface area contributed by atoms with Gasteiger partial charge in [-0.05, 0) is 40.3 Å². The molecule has 0 aliphatic heterocycles. The predicted octanol–water partition coefficient (Wildman–Crippen LogP) is 7.41. The van der Waals surface area contributed by atoms with Crippen LogP contribution in [0.5, 0.6) is 0 Å². The van der Waals surface area contributed by atoms with E-state index in [1.165, 1.54) is 72.4 Å². The fraction of sp³-hybridized carbons (Fsp3) is 0.333. The summed E-state index contributed by atoms with van der Waals surface area (Å²) in [5, 5.41) is 2.72. The summed E-state index contributed by atoms with van der Waals surface area (Å²) in [5.74, 6) is 0. The molecule has 0 heteroatoms. The molecule has 24 heavy (non-hydrogen) atoms. The summed E-state index contributed by atoms with van der Waals surface area (Å²) in [6.45, 7) is 2.28. The molecule has 0 radical (unpaired) electrons. The first-order valence-corrected chi connectivity index (χ1v) is 9.46. The maximum absolute atomic E-state index is 2.34. The van der Waals surface area contributed by atoms with E-state index >= 15 is 0 Å². The molecular formula is C24H28. The third-order valence-electron chi connectivity index (χ3n) is 4.88. The van der Waals surface area contributed by atoms with E-state index in [1.807, 2.05) is 0 Å². The average molecular weight is 316 g/mol. The van der Waals surface area contributed by atoms with Gasteiger partial charge in [-0.25, -0.2) is 0 Å². The van der Waals surface area contributed by atoms with Gasteiger partial charge < -0.3 is 0 Å². The molecule has 0 saturated carbocycles. The van der Waals surface area contributed by atoms with Crippen LogP contribution in [-0.2, 0) is 6.42 Å². The van der Waals surface area contributed by atoms with Crippen LogP contribution in [0.2, 0.25) is 0 Å². The van der Waals surface area contributed by atoms with Crippen LogP contribution in [0.4, 0.5) is 0 Å². The lowest BCUT2D eigenvalue weighted by Gasteiger charge is -2.14. The normalized spacial score (nSPS) is 11.0. The Balaban J connectivity index is 1.84. The summed E-state index contributed by atoms with van der Waals surface area (Å²) in [6.07, 6.45) is 9.29. The molecule has 3 rings (SSSR count). The zero-order chi connectivity index (χ0) is 16.6. The summed E-state index contributed by atoms with van der Waals surface area (Å²) in [6, 6.07) is 24.3. The van der Waals surface area contributed by atoms with Gasteiger partial charge in [-0.3, -0.25) is 0 Å². The standard InChI is InChI=1S/C24H28/c1-2-3-4-5-6-8-16-22-19-18-20-13-11-12-17-23(20)24(22)21-14-9-7-10-15-21/h7,9-15,17-19H,2-6,8,16H2,1H3. The second-order valence-electron chi connectivity index (χ2n) is 6.70. The molecule has 0 aliphatic rings. The molecule has 0 bridgehead atoms. The fourth-order valence-corrected chi connectivity index (χ4v) is 3.57. The first-order valence-electron chi connectivity index (χ1n) is 9.46. The second-order valence-corrected chi connectivity index (χ2v) is 6.70. The van der Waals surface area contributed by atoms with Gasteiger partial charge in [0.25, 0.3) is 0 Å². The summed E-state index contributed by atoms with van der Waals surface area (Å²) < 4.78 is 0. The minimum atomic E-state index is 1.18.